The lowest BCUT2D eigenvalue weighted by Crippen LogP contribution is -2.11. The first kappa shape index (κ1) is 15.3. The Kier molecular flexibility index (Phi) is 4.43. The summed E-state index contributed by atoms with van der Waals surface area (Å²) in [4.78, 5) is 24.1. The van der Waals surface area contributed by atoms with Crippen LogP contribution in [0.3, 0.4) is 0 Å². The molecule has 2 aromatic rings. The fourth-order valence-electron chi connectivity index (χ4n) is 2.12. The second kappa shape index (κ2) is 6.10. The van der Waals surface area contributed by atoms with Crippen molar-refractivity contribution in [2.45, 2.75) is 27.2 Å². The maximum atomic E-state index is 11.6. The first-order chi connectivity index (χ1) is 9.93. The second-order valence-corrected chi connectivity index (χ2v) is 6.04. The Hall–Kier alpha value is -2.14. The van der Waals surface area contributed by atoms with Gasteiger partial charge in [-0.2, -0.15) is 0 Å². The van der Waals surface area contributed by atoms with Crippen molar-refractivity contribution in [2.75, 3.05) is 5.32 Å². The number of nitrogens with one attached hydrogen (secondary N) is 1. The van der Waals surface area contributed by atoms with Crippen LogP contribution < -0.4 is 5.32 Å². The fourth-order valence-corrected chi connectivity index (χ4v) is 3.20. The van der Waals surface area contributed by atoms with Crippen LogP contribution in [0.5, 0.6) is 0 Å². The predicted molar refractivity (Wildman–Crippen MR) is 85.1 cm³/mol. The first-order valence-electron chi connectivity index (χ1n) is 6.67. The van der Waals surface area contributed by atoms with Crippen LogP contribution in [-0.4, -0.2) is 17.0 Å². The van der Waals surface area contributed by atoms with Crippen molar-refractivity contribution in [2.24, 2.45) is 0 Å². The largest absolute Gasteiger partial charge is 0.478 e. The van der Waals surface area contributed by atoms with Crippen molar-refractivity contribution >= 4 is 28.2 Å². The van der Waals surface area contributed by atoms with Gasteiger partial charge in [0.05, 0.1) is 0 Å². The van der Waals surface area contributed by atoms with E-state index in [2.05, 4.69) is 5.32 Å². The zero-order valence-electron chi connectivity index (χ0n) is 12.2. The SMILES string of the molecule is CCC(=O)Nc1sc(C)c(-c2ccc(C)cc2)c1C(=O)O. The average molecular weight is 303 g/mol. The van der Waals surface area contributed by atoms with Crippen molar-refractivity contribution in [3.05, 3.63) is 40.3 Å². The summed E-state index contributed by atoms with van der Waals surface area (Å²) < 4.78 is 0. The molecule has 0 saturated heterocycles. The number of carbonyl (C=O) groups is 2. The van der Waals surface area contributed by atoms with Gasteiger partial charge in [0.15, 0.2) is 0 Å². The minimum Gasteiger partial charge on any atom is -0.478 e. The highest BCUT2D eigenvalue weighted by atomic mass is 32.1. The fraction of sp³-hybridized carbons (Fsp3) is 0.250. The molecular weight excluding hydrogens is 286 g/mol. The molecule has 110 valence electrons. The molecule has 2 rings (SSSR count). The standard InChI is InChI=1S/C16H17NO3S/c1-4-12(18)17-15-14(16(19)20)13(10(3)21-15)11-7-5-9(2)6-8-11/h5-8H,4H2,1-3H3,(H,17,18)(H,19,20). The number of rotatable bonds is 4. The lowest BCUT2D eigenvalue weighted by Gasteiger charge is -2.06. The van der Waals surface area contributed by atoms with Gasteiger partial charge in [-0.05, 0) is 19.4 Å². The van der Waals surface area contributed by atoms with Gasteiger partial charge in [0.25, 0.3) is 0 Å². The molecule has 0 atom stereocenters. The molecule has 1 aromatic heterocycles. The van der Waals surface area contributed by atoms with E-state index in [1.807, 2.05) is 38.1 Å². The molecule has 0 aliphatic heterocycles. The van der Waals surface area contributed by atoms with E-state index in [9.17, 15) is 14.7 Å². The Balaban J connectivity index is 2.57. The molecule has 1 heterocycles. The van der Waals surface area contributed by atoms with Crippen LogP contribution in [-0.2, 0) is 4.79 Å². The average Bonchev–Trinajstić information content (AvgIpc) is 2.76. The summed E-state index contributed by atoms with van der Waals surface area (Å²) in [7, 11) is 0. The van der Waals surface area contributed by atoms with Gasteiger partial charge in [-0.3, -0.25) is 4.79 Å². The zero-order valence-corrected chi connectivity index (χ0v) is 13.0. The maximum absolute atomic E-state index is 11.6. The third kappa shape index (κ3) is 3.13. The van der Waals surface area contributed by atoms with Crippen molar-refractivity contribution in [1.82, 2.24) is 0 Å². The van der Waals surface area contributed by atoms with Gasteiger partial charge in [0.1, 0.15) is 10.6 Å². The zero-order chi connectivity index (χ0) is 15.6. The molecule has 21 heavy (non-hydrogen) atoms. The van der Waals surface area contributed by atoms with Gasteiger partial charge < -0.3 is 10.4 Å². The third-order valence-electron chi connectivity index (χ3n) is 3.21. The summed E-state index contributed by atoms with van der Waals surface area (Å²) in [5.41, 5.74) is 2.81. The smallest absolute Gasteiger partial charge is 0.339 e. The Labute approximate surface area is 127 Å². The summed E-state index contributed by atoms with van der Waals surface area (Å²) in [5, 5.41) is 12.6. The van der Waals surface area contributed by atoms with Crippen LogP contribution in [0.2, 0.25) is 0 Å². The van der Waals surface area contributed by atoms with Crippen LogP contribution in [0.15, 0.2) is 24.3 Å². The van der Waals surface area contributed by atoms with Crippen LogP contribution in [0.4, 0.5) is 5.00 Å². The first-order valence-corrected chi connectivity index (χ1v) is 7.49. The number of carboxylic acid groups (broad SMARTS) is 1. The molecule has 0 aliphatic rings. The number of aromatic carboxylic acids is 1. The van der Waals surface area contributed by atoms with Gasteiger partial charge in [-0.25, -0.2) is 4.79 Å². The lowest BCUT2D eigenvalue weighted by molar-refractivity contribution is -0.115. The number of hydrogen-bond donors (Lipinski definition) is 2. The van der Waals surface area contributed by atoms with E-state index in [1.54, 1.807) is 6.92 Å². The highest BCUT2D eigenvalue weighted by Gasteiger charge is 2.23. The summed E-state index contributed by atoms with van der Waals surface area (Å²) in [6, 6.07) is 7.70. The summed E-state index contributed by atoms with van der Waals surface area (Å²) in [5.74, 6) is -1.21. The number of thiophene rings is 1. The molecule has 4 nitrogen and oxygen atoms in total. The maximum Gasteiger partial charge on any atom is 0.339 e. The van der Waals surface area contributed by atoms with Gasteiger partial charge in [-0.1, -0.05) is 36.8 Å². The van der Waals surface area contributed by atoms with Crippen molar-refractivity contribution in [3.8, 4) is 11.1 Å². The summed E-state index contributed by atoms with van der Waals surface area (Å²) in [6.45, 7) is 5.58. The van der Waals surface area contributed by atoms with Gasteiger partial charge in [0.2, 0.25) is 5.91 Å². The topological polar surface area (TPSA) is 66.4 Å². The van der Waals surface area contributed by atoms with Gasteiger partial charge >= 0.3 is 5.97 Å². The van der Waals surface area contributed by atoms with Crippen LogP contribution in [0, 0.1) is 13.8 Å². The second-order valence-electron chi connectivity index (χ2n) is 4.81. The molecule has 0 saturated carbocycles. The molecule has 5 heteroatoms. The number of benzene rings is 1. The Morgan fingerprint density at radius 3 is 2.33 bits per heavy atom. The van der Waals surface area contributed by atoms with Crippen molar-refractivity contribution in [3.63, 3.8) is 0 Å². The molecule has 0 radical (unpaired) electrons. The number of anilines is 1. The predicted octanol–water partition coefficient (Wildman–Crippen LogP) is 4.08. The van der Waals surface area contributed by atoms with Crippen molar-refractivity contribution in [1.29, 1.82) is 0 Å². The lowest BCUT2D eigenvalue weighted by atomic mass is 10.0. The molecule has 0 bridgehead atoms. The quantitative estimate of drug-likeness (QED) is 0.894. The normalized spacial score (nSPS) is 10.4. The minimum absolute atomic E-state index is 0.170. The number of amides is 1. The Bertz CT molecular complexity index is 686. The van der Waals surface area contributed by atoms with E-state index < -0.39 is 5.97 Å². The number of carbonyl (C=O) groups excluding carboxylic acids is 1. The molecule has 0 aliphatic carbocycles. The van der Waals surface area contributed by atoms with E-state index in [0.29, 0.717) is 17.0 Å². The van der Waals surface area contributed by atoms with Crippen LogP contribution in [0.25, 0.3) is 11.1 Å². The van der Waals surface area contributed by atoms with E-state index in [4.69, 9.17) is 0 Å². The highest BCUT2D eigenvalue weighted by Crippen LogP contribution is 2.40. The molecule has 0 spiro atoms. The molecule has 0 fully saturated rings. The van der Waals surface area contributed by atoms with Crippen molar-refractivity contribution < 1.29 is 14.7 Å². The Morgan fingerprint density at radius 1 is 1.19 bits per heavy atom. The van der Waals surface area contributed by atoms with Gasteiger partial charge in [-0.15, -0.1) is 11.3 Å². The van der Waals surface area contributed by atoms with Crippen LogP contribution in [0.1, 0.15) is 34.1 Å². The van der Waals surface area contributed by atoms with E-state index in [0.717, 1.165) is 16.0 Å². The Morgan fingerprint density at radius 2 is 1.81 bits per heavy atom. The highest BCUT2D eigenvalue weighted by molar-refractivity contribution is 7.17. The van der Waals surface area contributed by atoms with E-state index in [1.165, 1.54) is 11.3 Å². The molecular formula is C16H17NO3S. The summed E-state index contributed by atoms with van der Waals surface area (Å²) in [6.07, 6.45) is 0.315. The third-order valence-corrected chi connectivity index (χ3v) is 4.23. The molecule has 1 amide bonds. The van der Waals surface area contributed by atoms with E-state index >= 15 is 0 Å². The monoisotopic (exact) mass is 303 g/mol. The van der Waals surface area contributed by atoms with Gasteiger partial charge in [0, 0.05) is 16.9 Å². The molecule has 2 N–H and O–H groups in total. The summed E-state index contributed by atoms with van der Waals surface area (Å²) >= 11 is 1.30. The minimum atomic E-state index is -1.03. The van der Waals surface area contributed by atoms with E-state index in [-0.39, 0.29) is 11.5 Å². The number of carboxylic acids is 1. The molecule has 0 unspecified atom stereocenters. The number of aryl methyl sites for hydroxylation is 2. The number of hydrogen-bond acceptors (Lipinski definition) is 3. The van der Waals surface area contributed by atoms with Crippen LogP contribution >= 0.6 is 11.3 Å². The molecule has 1 aromatic carbocycles.